The van der Waals surface area contributed by atoms with Crippen LogP contribution < -0.4 is 0 Å². The molecule has 3 N–H and O–H groups in total. The summed E-state index contributed by atoms with van der Waals surface area (Å²) in [6.45, 7) is 3.99. The van der Waals surface area contributed by atoms with Crippen LogP contribution >= 0.6 is 0 Å². The molecule has 0 aliphatic rings. The molecule has 174 valence electrons. The van der Waals surface area contributed by atoms with Gasteiger partial charge in [-0.05, 0) is 34.9 Å². The van der Waals surface area contributed by atoms with Gasteiger partial charge < -0.3 is 10.2 Å². The highest BCUT2D eigenvalue weighted by Crippen LogP contribution is 2.43. The zero-order chi connectivity index (χ0) is 24.5. The molecular weight excluding hydrogens is 448 g/mol. The van der Waals surface area contributed by atoms with Crippen LogP contribution in [0.25, 0.3) is 11.1 Å². The summed E-state index contributed by atoms with van der Waals surface area (Å²) < 4.78 is 33.7. The number of benzene rings is 4. The second-order valence-corrected chi connectivity index (χ2v) is 9.84. The highest BCUT2D eigenvalue weighted by Gasteiger charge is 2.23. The zero-order valence-electron chi connectivity index (χ0n) is 18.9. The van der Waals surface area contributed by atoms with Crippen molar-refractivity contribution in [3.05, 3.63) is 113 Å². The Labute approximate surface area is 199 Å². The third kappa shape index (κ3) is 4.69. The zero-order valence-corrected chi connectivity index (χ0v) is 19.7. The summed E-state index contributed by atoms with van der Waals surface area (Å²) in [4.78, 5) is -0.347. The van der Waals surface area contributed by atoms with Gasteiger partial charge in [-0.25, -0.2) is 0 Å². The molecule has 0 aliphatic carbocycles. The molecule has 4 rings (SSSR count). The van der Waals surface area contributed by atoms with Crippen molar-refractivity contribution in [2.75, 3.05) is 0 Å². The fraction of sp³-hybridized carbons (Fsp3) is 0.143. The molecule has 4 aromatic rings. The Balaban J connectivity index is 1.76. The van der Waals surface area contributed by atoms with E-state index >= 15 is 0 Å². The molecule has 0 fully saturated rings. The minimum absolute atomic E-state index is 0.108. The van der Waals surface area contributed by atoms with Crippen LogP contribution in [0.15, 0.2) is 95.9 Å². The van der Waals surface area contributed by atoms with E-state index in [0.29, 0.717) is 5.56 Å². The molecule has 4 aromatic carbocycles. The van der Waals surface area contributed by atoms with Crippen LogP contribution in [0.4, 0.5) is 0 Å². The molecule has 2 unspecified atom stereocenters. The predicted octanol–water partition coefficient (Wildman–Crippen LogP) is 6.32. The van der Waals surface area contributed by atoms with Crippen molar-refractivity contribution in [2.45, 2.75) is 30.6 Å². The number of phenolic OH excluding ortho intramolecular Hbond substituents is 2. The second kappa shape index (κ2) is 9.33. The van der Waals surface area contributed by atoms with Gasteiger partial charge >= 0.3 is 0 Å². The molecule has 6 heteroatoms. The first-order chi connectivity index (χ1) is 16.2. The Kier molecular flexibility index (Phi) is 6.46. The van der Waals surface area contributed by atoms with Gasteiger partial charge in [-0.1, -0.05) is 86.6 Å². The Morgan fingerprint density at radius 2 is 1.18 bits per heavy atom. The largest absolute Gasteiger partial charge is 0.507 e. The van der Waals surface area contributed by atoms with E-state index in [2.05, 4.69) is 19.1 Å². The normalized spacial score (nSPS) is 13.4. The number of aromatic hydroxyl groups is 2. The molecule has 0 heterocycles. The average molecular weight is 475 g/mol. The first-order valence-electron chi connectivity index (χ1n) is 10.9. The van der Waals surface area contributed by atoms with Gasteiger partial charge in [0.15, 0.2) is 0 Å². The standard InChI is InChI=1S/C28H26O5S/c1-18(20-8-4-3-5-9-20)21-12-14-22(15-13-21)19(2)25-16-23(34(31,32)33)17-26(28(25)30)24-10-6-7-11-27(24)29/h3-19,29-30H,1-2H3,(H,31,32,33). The van der Waals surface area contributed by atoms with Crippen LogP contribution in [0.5, 0.6) is 11.5 Å². The molecule has 34 heavy (non-hydrogen) atoms. The Morgan fingerprint density at radius 3 is 1.76 bits per heavy atom. The van der Waals surface area contributed by atoms with Crippen molar-refractivity contribution in [3.8, 4) is 22.6 Å². The molecule has 0 radical (unpaired) electrons. The van der Waals surface area contributed by atoms with Crippen LogP contribution in [0.3, 0.4) is 0 Å². The maximum absolute atomic E-state index is 12.0. The SMILES string of the molecule is CC(c1ccccc1)c1ccc(C(C)c2cc(S(=O)(=O)O)cc(-c3ccccc3O)c2O)cc1. The van der Waals surface area contributed by atoms with Gasteiger partial charge in [0.25, 0.3) is 10.1 Å². The van der Waals surface area contributed by atoms with E-state index in [-0.39, 0.29) is 39.4 Å². The molecule has 0 aromatic heterocycles. The Bertz CT molecular complexity index is 1410. The molecule has 0 bridgehead atoms. The molecule has 0 spiro atoms. The molecule has 2 atom stereocenters. The van der Waals surface area contributed by atoms with Gasteiger partial charge in [0.05, 0.1) is 4.90 Å². The van der Waals surface area contributed by atoms with E-state index in [1.807, 2.05) is 49.4 Å². The van der Waals surface area contributed by atoms with Crippen LogP contribution in [0.1, 0.15) is 47.9 Å². The molecule has 0 saturated heterocycles. The van der Waals surface area contributed by atoms with Crippen LogP contribution in [-0.2, 0) is 10.1 Å². The number of para-hydroxylation sites is 1. The van der Waals surface area contributed by atoms with Crippen molar-refractivity contribution >= 4 is 10.1 Å². The van der Waals surface area contributed by atoms with Gasteiger partial charge in [0.2, 0.25) is 0 Å². The summed E-state index contributed by atoms with van der Waals surface area (Å²) in [7, 11) is -4.54. The van der Waals surface area contributed by atoms with Gasteiger partial charge in [-0.15, -0.1) is 0 Å². The first-order valence-corrected chi connectivity index (χ1v) is 12.4. The number of hydrogen-bond donors (Lipinski definition) is 3. The Hall–Kier alpha value is -3.61. The van der Waals surface area contributed by atoms with Crippen molar-refractivity contribution in [1.29, 1.82) is 0 Å². The lowest BCUT2D eigenvalue weighted by Crippen LogP contribution is -2.04. The summed E-state index contributed by atoms with van der Waals surface area (Å²) in [5, 5.41) is 21.4. The third-order valence-corrected chi connectivity index (χ3v) is 7.14. The predicted molar refractivity (Wildman–Crippen MR) is 133 cm³/mol. The highest BCUT2D eigenvalue weighted by molar-refractivity contribution is 7.85. The van der Waals surface area contributed by atoms with Gasteiger partial charge in [-0.3, -0.25) is 4.55 Å². The maximum Gasteiger partial charge on any atom is 0.294 e. The molecule has 5 nitrogen and oxygen atoms in total. The molecule has 0 aliphatic heterocycles. The van der Waals surface area contributed by atoms with E-state index in [1.165, 1.54) is 23.8 Å². The number of hydrogen-bond acceptors (Lipinski definition) is 4. The van der Waals surface area contributed by atoms with Crippen molar-refractivity contribution in [3.63, 3.8) is 0 Å². The summed E-state index contributed by atoms with van der Waals surface area (Å²) in [6, 6.07) is 26.9. The van der Waals surface area contributed by atoms with Crippen LogP contribution in [-0.4, -0.2) is 23.2 Å². The summed E-state index contributed by atoms with van der Waals surface area (Å²) in [6.07, 6.45) is 0. The van der Waals surface area contributed by atoms with Crippen molar-refractivity contribution in [2.24, 2.45) is 0 Å². The minimum atomic E-state index is -4.54. The lowest BCUT2D eigenvalue weighted by Gasteiger charge is -2.19. The highest BCUT2D eigenvalue weighted by atomic mass is 32.2. The Morgan fingerprint density at radius 1 is 0.647 bits per heavy atom. The van der Waals surface area contributed by atoms with Crippen molar-refractivity contribution in [1.82, 2.24) is 0 Å². The molecule has 0 saturated carbocycles. The van der Waals surface area contributed by atoms with E-state index < -0.39 is 10.1 Å². The van der Waals surface area contributed by atoms with Gasteiger partial charge in [0.1, 0.15) is 11.5 Å². The lowest BCUT2D eigenvalue weighted by atomic mass is 9.87. The summed E-state index contributed by atoms with van der Waals surface area (Å²) >= 11 is 0. The van der Waals surface area contributed by atoms with Gasteiger partial charge in [-0.2, -0.15) is 8.42 Å². The fourth-order valence-electron chi connectivity index (χ4n) is 4.20. The summed E-state index contributed by atoms with van der Waals surface area (Å²) in [5.41, 5.74) is 3.93. The molecule has 0 amide bonds. The van der Waals surface area contributed by atoms with E-state index in [0.717, 1.165) is 11.1 Å². The monoisotopic (exact) mass is 474 g/mol. The number of rotatable bonds is 6. The topological polar surface area (TPSA) is 94.8 Å². The average Bonchev–Trinajstić information content (AvgIpc) is 2.84. The fourth-order valence-corrected chi connectivity index (χ4v) is 4.74. The smallest absolute Gasteiger partial charge is 0.294 e. The van der Waals surface area contributed by atoms with E-state index in [4.69, 9.17) is 0 Å². The quantitative estimate of drug-likeness (QED) is 0.285. The maximum atomic E-state index is 12.0. The van der Waals surface area contributed by atoms with Crippen LogP contribution in [0.2, 0.25) is 0 Å². The summed E-state index contributed by atoms with van der Waals surface area (Å²) in [5.74, 6) is -0.437. The second-order valence-electron chi connectivity index (χ2n) is 8.42. The van der Waals surface area contributed by atoms with Crippen molar-refractivity contribution < 1.29 is 23.2 Å². The van der Waals surface area contributed by atoms with Gasteiger partial charge in [0, 0.05) is 28.5 Å². The number of phenols is 2. The minimum Gasteiger partial charge on any atom is -0.507 e. The lowest BCUT2D eigenvalue weighted by molar-refractivity contribution is 0.461. The molecular formula is C28H26O5S. The van der Waals surface area contributed by atoms with E-state index in [1.54, 1.807) is 18.2 Å². The first kappa shape index (κ1) is 23.5. The third-order valence-electron chi connectivity index (χ3n) is 6.31. The van der Waals surface area contributed by atoms with Crippen LogP contribution in [0, 0.1) is 0 Å². The van der Waals surface area contributed by atoms with E-state index in [9.17, 15) is 23.2 Å².